The molecular weight excluding hydrogens is 370 g/mol. The molecule has 0 bridgehead atoms. The van der Waals surface area contributed by atoms with Crippen molar-refractivity contribution in [1.82, 2.24) is 19.7 Å². The van der Waals surface area contributed by atoms with Crippen LogP contribution in [0, 0.1) is 11.6 Å². The van der Waals surface area contributed by atoms with Gasteiger partial charge in [0.15, 0.2) is 0 Å². The maximum absolute atomic E-state index is 13.7. The standard InChI is InChI=1S/C19H18F2N4OS/c1-13(14-3-6-16(7-4-14)25-12-22-11-23-25)24(2)19(26)10-27-18-9-15(20)5-8-17(18)21/h3-9,11-13H,10H2,1-2H3/t13-/m0/s1. The van der Waals surface area contributed by atoms with Crippen molar-refractivity contribution in [3.63, 3.8) is 0 Å². The lowest BCUT2D eigenvalue weighted by molar-refractivity contribution is -0.128. The number of halogens is 2. The number of carbonyl (C=O) groups is 1. The fourth-order valence-electron chi connectivity index (χ4n) is 2.52. The molecule has 0 unspecified atom stereocenters. The Kier molecular flexibility index (Phi) is 5.85. The summed E-state index contributed by atoms with van der Waals surface area (Å²) in [4.78, 5) is 18.1. The molecule has 0 saturated carbocycles. The molecule has 140 valence electrons. The summed E-state index contributed by atoms with van der Waals surface area (Å²) in [5.74, 6) is -1.20. The van der Waals surface area contributed by atoms with Crippen molar-refractivity contribution >= 4 is 17.7 Å². The highest BCUT2D eigenvalue weighted by molar-refractivity contribution is 8.00. The van der Waals surface area contributed by atoms with Gasteiger partial charge in [-0.25, -0.2) is 18.4 Å². The molecule has 0 fully saturated rings. The number of nitrogens with zero attached hydrogens (tertiary/aromatic N) is 4. The Labute approximate surface area is 160 Å². The van der Waals surface area contributed by atoms with E-state index in [1.54, 1.807) is 23.0 Å². The van der Waals surface area contributed by atoms with E-state index in [2.05, 4.69) is 10.1 Å². The van der Waals surface area contributed by atoms with Crippen LogP contribution in [0.3, 0.4) is 0 Å². The summed E-state index contributed by atoms with van der Waals surface area (Å²) in [6.07, 6.45) is 3.07. The predicted molar refractivity (Wildman–Crippen MR) is 99.6 cm³/mol. The van der Waals surface area contributed by atoms with Crippen molar-refractivity contribution in [2.24, 2.45) is 0 Å². The zero-order valence-electron chi connectivity index (χ0n) is 14.8. The van der Waals surface area contributed by atoms with Crippen LogP contribution >= 0.6 is 11.8 Å². The van der Waals surface area contributed by atoms with Gasteiger partial charge in [0.05, 0.1) is 17.5 Å². The maximum atomic E-state index is 13.7. The number of thioether (sulfide) groups is 1. The second-order valence-electron chi connectivity index (χ2n) is 5.98. The molecule has 0 aliphatic carbocycles. The molecule has 1 aromatic heterocycles. The number of aromatic nitrogens is 3. The van der Waals surface area contributed by atoms with Crippen LogP contribution in [0.4, 0.5) is 8.78 Å². The van der Waals surface area contributed by atoms with Gasteiger partial charge >= 0.3 is 0 Å². The van der Waals surface area contributed by atoms with E-state index in [0.717, 1.165) is 41.2 Å². The third-order valence-corrected chi connectivity index (χ3v) is 5.29. The minimum absolute atomic E-state index is 0.0260. The number of hydrogen-bond donors (Lipinski definition) is 0. The van der Waals surface area contributed by atoms with Crippen molar-refractivity contribution in [2.75, 3.05) is 12.8 Å². The minimum atomic E-state index is -0.534. The first kappa shape index (κ1) is 19.0. The highest BCUT2D eigenvalue weighted by atomic mass is 32.2. The molecule has 0 aliphatic heterocycles. The van der Waals surface area contributed by atoms with E-state index in [0.29, 0.717) is 0 Å². The fraction of sp³-hybridized carbons (Fsp3) is 0.211. The van der Waals surface area contributed by atoms with Crippen molar-refractivity contribution in [3.8, 4) is 5.69 Å². The van der Waals surface area contributed by atoms with E-state index < -0.39 is 11.6 Å². The Hall–Kier alpha value is -2.74. The normalized spacial score (nSPS) is 12.0. The Morgan fingerprint density at radius 3 is 2.63 bits per heavy atom. The first-order chi connectivity index (χ1) is 13.0. The van der Waals surface area contributed by atoms with E-state index in [1.165, 1.54) is 6.33 Å². The zero-order chi connectivity index (χ0) is 19.4. The largest absolute Gasteiger partial charge is 0.338 e. The smallest absolute Gasteiger partial charge is 0.233 e. The van der Waals surface area contributed by atoms with Gasteiger partial charge in [0.2, 0.25) is 5.91 Å². The highest BCUT2D eigenvalue weighted by Crippen LogP contribution is 2.25. The molecule has 1 atom stereocenters. The Bertz CT molecular complexity index is 916. The lowest BCUT2D eigenvalue weighted by atomic mass is 10.1. The van der Waals surface area contributed by atoms with Crippen molar-refractivity contribution < 1.29 is 13.6 Å². The average Bonchev–Trinajstić information content (AvgIpc) is 3.22. The molecule has 27 heavy (non-hydrogen) atoms. The second-order valence-corrected chi connectivity index (χ2v) is 6.99. The molecule has 0 aliphatic rings. The lowest BCUT2D eigenvalue weighted by Crippen LogP contribution is -2.31. The molecule has 0 saturated heterocycles. The van der Waals surface area contributed by atoms with E-state index in [9.17, 15) is 13.6 Å². The second kappa shape index (κ2) is 8.30. The Balaban J connectivity index is 1.63. The molecule has 0 radical (unpaired) electrons. The van der Waals surface area contributed by atoms with Crippen LogP contribution < -0.4 is 0 Å². The maximum Gasteiger partial charge on any atom is 0.233 e. The van der Waals surface area contributed by atoms with E-state index in [1.807, 2.05) is 31.2 Å². The monoisotopic (exact) mass is 388 g/mol. The fourth-order valence-corrected chi connectivity index (χ4v) is 3.40. The number of rotatable bonds is 6. The summed E-state index contributed by atoms with van der Waals surface area (Å²) in [6, 6.07) is 10.7. The summed E-state index contributed by atoms with van der Waals surface area (Å²) < 4.78 is 28.6. The van der Waals surface area contributed by atoms with Crippen LogP contribution in [0.5, 0.6) is 0 Å². The van der Waals surface area contributed by atoms with E-state index in [-0.39, 0.29) is 22.6 Å². The number of hydrogen-bond acceptors (Lipinski definition) is 4. The van der Waals surface area contributed by atoms with Gasteiger partial charge in [-0.05, 0) is 42.8 Å². The molecule has 3 rings (SSSR count). The predicted octanol–water partition coefficient (Wildman–Crippen LogP) is 3.86. The zero-order valence-corrected chi connectivity index (χ0v) is 15.7. The summed E-state index contributed by atoms with van der Waals surface area (Å²) >= 11 is 0.986. The molecule has 0 N–H and O–H groups in total. The van der Waals surface area contributed by atoms with Crippen molar-refractivity contribution in [1.29, 1.82) is 0 Å². The molecule has 0 spiro atoms. The summed E-state index contributed by atoms with van der Waals surface area (Å²) in [5, 5.41) is 4.07. The third-order valence-electron chi connectivity index (χ3n) is 4.28. The molecule has 1 amide bonds. The van der Waals surface area contributed by atoms with Crippen LogP contribution in [0.15, 0.2) is 60.0 Å². The molecule has 2 aromatic carbocycles. The highest BCUT2D eigenvalue weighted by Gasteiger charge is 2.18. The molecule has 5 nitrogen and oxygen atoms in total. The van der Waals surface area contributed by atoms with Gasteiger partial charge in [-0.3, -0.25) is 4.79 Å². The first-order valence-corrected chi connectivity index (χ1v) is 9.22. The van der Waals surface area contributed by atoms with Gasteiger partial charge in [-0.15, -0.1) is 11.8 Å². The van der Waals surface area contributed by atoms with Crippen LogP contribution in [-0.4, -0.2) is 38.4 Å². The van der Waals surface area contributed by atoms with Crippen LogP contribution in [-0.2, 0) is 4.79 Å². The number of amides is 1. The van der Waals surface area contributed by atoms with Crippen LogP contribution in [0.25, 0.3) is 5.69 Å². The van der Waals surface area contributed by atoms with Gasteiger partial charge in [0, 0.05) is 11.9 Å². The van der Waals surface area contributed by atoms with Crippen molar-refractivity contribution in [3.05, 3.63) is 72.3 Å². The molecule has 1 heterocycles. The van der Waals surface area contributed by atoms with Gasteiger partial charge in [0.25, 0.3) is 0 Å². The van der Waals surface area contributed by atoms with Crippen LogP contribution in [0.2, 0.25) is 0 Å². The first-order valence-electron chi connectivity index (χ1n) is 8.24. The average molecular weight is 388 g/mol. The summed E-state index contributed by atoms with van der Waals surface area (Å²) in [5.41, 5.74) is 1.83. The summed E-state index contributed by atoms with van der Waals surface area (Å²) in [6.45, 7) is 1.91. The molecule has 8 heteroatoms. The SMILES string of the molecule is C[C@@H](c1ccc(-n2cncn2)cc1)N(C)C(=O)CSc1cc(F)ccc1F. The van der Waals surface area contributed by atoms with Gasteiger partial charge in [-0.2, -0.15) is 5.10 Å². The molecular formula is C19H18F2N4OS. The Morgan fingerprint density at radius 1 is 1.22 bits per heavy atom. The van der Waals surface area contributed by atoms with E-state index in [4.69, 9.17) is 0 Å². The molecule has 3 aromatic rings. The summed E-state index contributed by atoms with van der Waals surface area (Å²) in [7, 11) is 1.70. The minimum Gasteiger partial charge on any atom is -0.338 e. The van der Waals surface area contributed by atoms with Gasteiger partial charge in [0.1, 0.15) is 24.3 Å². The Morgan fingerprint density at radius 2 is 1.96 bits per heavy atom. The number of carbonyl (C=O) groups excluding carboxylic acids is 1. The van der Waals surface area contributed by atoms with E-state index >= 15 is 0 Å². The third kappa shape index (κ3) is 4.51. The van der Waals surface area contributed by atoms with Crippen molar-refractivity contribution in [2.45, 2.75) is 17.9 Å². The lowest BCUT2D eigenvalue weighted by Gasteiger charge is -2.25. The topological polar surface area (TPSA) is 51.0 Å². The quantitative estimate of drug-likeness (QED) is 0.602. The van der Waals surface area contributed by atoms with Gasteiger partial charge in [-0.1, -0.05) is 12.1 Å². The number of benzene rings is 2. The van der Waals surface area contributed by atoms with Crippen LogP contribution in [0.1, 0.15) is 18.5 Å². The van der Waals surface area contributed by atoms with Gasteiger partial charge < -0.3 is 4.90 Å².